The fourth-order valence-corrected chi connectivity index (χ4v) is 3.79. The molecule has 3 N–H and O–H groups in total. The monoisotopic (exact) mass is 423 g/mol. The van der Waals surface area contributed by atoms with E-state index in [9.17, 15) is 24.8 Å². The molecule has 28 heavy (non-hydrogen) atoms. The van der Waals surface area contributed by atoms with Gasteiger partial charge in [-0.15, -0.1) is 0 Å². The minimum Gasteiger partial charge on any atom is -0.480 e. The van der Waals surface area contributed by atoms with Crippen molar-refractivity contribution in [1.82, 2.24) is 5.32 Å². The quantitative estimate of drug-likeness (QED) is 0.499. The highest BCUT2D eigenvalue weighted by atomic mass is 35.5. The number of carbonyl (C=O) groups excluding carboxylic acids is 1. The van der Waals surface area contributed by atoms with Crippen molar-refractivity contribution in [2.45, 2.75) is 24.9 Å². The van der Waals surface area contributed by atoms with E-state index in [1.807, 2.05) is 0 Å². The first-order valence-electron chi connectivity index (χ1n) is 8.25. The Labute approximate surface area is 169 Å². The lowest BCUT2D eigenvalue weighted by Crippen LogP contribution is -2.41. The first kappa shape index (κ1) is 19.9. The number of hydrogen-bond donors (Lipinski definition) is 3. The zero-order valence-corrected chi connectivity index (χ0v) is 15.8. The molecule has 0 unspecified atom stereocenters. The maximum atomic E-state index is 12.5. The summed E-state index contributed by atoms with van der Waals surface area (Å²) in [5.74, 6) is -1.48. The number of aliphatic carboxylic acids is 1. The highest BCUT2D eigenvalue weighted by Crippen LogP contribution is 2.39. The number of nitro groups is 1. The molecule has 2 atom stereocenters. The molecule has 8 nitrogen and oxygen atoms in total. The SMILES string of the molecule is O=C(Cc1cccc([N+](=O)[O-])c1)N[C@H]1C[C@H](C(=O)O)Nc2cc(Cl)cc(Cl)c21. The third kappa shape index (κ3) is 4.35. The van der Waals surface area contributed by atoms with E-state index in [4.69, 9.17) is 23.2 Å². The molecule has 0 aromatic heterocycles. The maximum absolute atomic E-state index is 12.5. The summed E-state index contributed by atoms with van der Waals surface area (Å²) in [4.78, 5) is 34.3. The lowest BCUT2D eigenvalue weighted by atomic mass is 9.92. The molecule has 0 bridgehead atoms. The number of carbonyl (C=O) groups is 2. The van der Waals surface area contributed by atoms with Crippen LogP contribution in [-0.2, 0) is 16.0 Å². The Bertz CT molecular complexity index is 966. The molecule has 1 aliphatic rings. The van der Waals surface area contributed by atoms with Crippen LogP contribution in [0.1, 0.15) is 23.6 Å². The minimum atomic E-state index is -1.07. The number of rotatable bonds is 5. The van der Waals surface area contributed by atoms with Crippen LogP contribution >= 0.6 is 23.2 Å². The van der Waals surface area contributed by atoms with Gasteiger partial charge in [0.1, 0.15) is 6.04 Å². The van der Waals surface area contributed by atoms with Gasteiger partial charge in [-0.3, -0.25) is 14.9 Å². The Kier molecular flexibility index (Phi) is 5.71. The summed E-state index contributed by atoms with van der Waals surface area (Å²) in [6, 6.07) is 7.27. The topological polar surface area (TPSA) is 122 Å². The average Bonchev–Trinajstić information content (AvgIpc) is 2.60. The summed E-state index contributed by atoms with van der Waals surface area (Å²) in [5.41, 5.74) is 1.35. The van der Waals surface area contributed by atoms with Crippen molar-refractivity contribution in [3.63, 3.8) is 0 Å². The molecule has 3 rings (SSSR count). The Morgan fingerprint density at radius 3 is 2.71 bits per heavy atom. The third-order valence-corrected chi connectivity index (χ3v) is 4.89. The second kappa shape index (κ2) is 8.04. The number of benzene rings is 2. The molecule has 1 aliphatic heterocycles. The molecule has 0 saturated carbocycles. The normalized spacial score (nSPS) is 17.9. The van der Waals surface area contributed by atoms with Crippen molar-refractivity contribution in [3.05, 3.63) is 67.7 Å². The van der Waals surface area contributed by atoms with Crippen LogP contribution in [0, 0.1) is 10.1 Å². The molecule has 0 spiro atoms. The number of anilines is 1. The van der Waals surface area contributed by atoms with Crippen LogP contribution in [0.4, 0.5) is 11.4 Å². The van der Waals surface area contributed by atoms with Crippen LogP contribution in [0.15, 0.2) is 36.4 Å². The summed E-state index contributed by atoms with van der Waals surface area (Å²) in [6.45, 7) is 0. The number of halogens is 2. The zero-order chi connectivity index (χ0) is 20.4. The minimum absolute atomic E-state index is 0.0877. The summed E-state index contributed by atoms with van der Waals surface area (Å²) in [7, 11) is 0. The Morgan fingerprint density at radius 1 is 1.29 bits per heavy atom. The Hall–Kier alpha value is -2.84. The zero-order valence-electron chi connectivity index (χ0n) is 14.3. The van der Waals surface area contributed by atoms with E-state index in [-0.39, 0.29) is 18.5 Å². The van der Waals surface area contributed by atoms with Gasteiger partial charge in [-0.25, -0.2) is 4.79 Å². The number of nitrogens with one attached hydrogen (secondary N) is 2. The smallest absolute Gasteiger partial charge is 0.326 e. The second-order valence-corrected chi connectivity index (χ2v) is 7.19. The van der Waals surface area contributed by atoms with Crippen LogP contribution in [0.2, 0.25) is 10.0 Å². The van der Waals surface area contributed by atoms with Gasteiger partial charge in [0.25, 0.3) is 5.69 Å². The number of amides is 1. The summed E-state index contributed by atoms with van der Waals surface area (Å²) in [5, 5.41) is 26.5. The van der Waals surface area contributed by atoms with Crippen LogP contribution in [0.3, 0.4) is 0 Å². The number of fused-ring (bicyclic) bond motifs is 1. The maximum Gasteiger partial charge on any atom is 0.326 e. The number of nitro benzene ring substituents is 1. The van der Waals surface area contributed by atoms with Gasteiger partial charge in [0.2, 0.25) is 5.91 Å². The molecule has 0 fully saturated rings. The predicted molar refractivity (Wildman–Crippen MR) is 104 cm³/mol. The molecule has 2 aromatic carbocycles. The van der Waals surface area contributed by atoms with E-state index < -0.39 is 28.9 Å². The number of hydrogen-bond acceptors (Lipinski definition) is 5. The molecule has 10 heteroatoms. The molecular formula is C18H15Cl2N3O5. The van der Waals surface area contributed by atoms with Crippen LogP contribution in [0.5, 0.6) is 0 Å². The largest absolute Gasteiger partial charge is 0.480 e. The van der Waals surface area contributed by atoms with Crippen LogP contribution in [0.25, 0.3) is 0 Å². The lowest BCUT2D eigenvalue weighted by molar-refractivity contribution is -0.384. The van der Waals surface area contributed by atoms with Gasteiger partial charge in [-0.1, -0.05) is 35.3 Å². The van der Waals surface area contributed by atoms with Crippen molar-refractivity contribution in [3.8, 4) is 0 Å². The molecule has 0 radical (unpaired) electrons. The van der Waals surface area contributed by atoms with Gasteiger partial charge >= 0.3 is 5.97 Å². The second-order valence-electron chi connectivity index (χ2n) is 6.34. The van der Waals surface area contributed by atoms with Gasteiger partial charge in [-0.05, 0) is 17.7 Å². The van der Waals surface area contributed by atoms with E-state index in [1.165, 1.54) is 24.3 Å². The molecule has 0 saturated heterocycles. The van der Waals surface area contributed by atoms with Crippen LogP contribution < -0.4 is 10.6 Å². The number of carboxylic acid groups (broad SMARTS) is 1. The van der Waals surface area contributed by atoms with Crippen molar-refractivity contribution >= 4 is 46.5 Å². The van der Waals surface area contributed by atoms with E-state index >= 15 is 0 Å². The van der Waals surface area contributed by atoms with Gasteiger partial charge in [0, 0.05) is 39.8 Å². The Balaban J connectivity index is 1.83. The van der Waals surface area contributed by atoms with E-state index in [1.54, 1.807) is 12.1 Å². The summed E-state index contributed by atoms with van der Waals surface area (Å²) >= 11 is 12.3. The highest BCUT2D eigenvalue weighted by Gasteiger charge is 2.33. The first-order chi connectivity index (χ1) is 13.2. The molecule has 1 heterocycles. The van der Waals surface area contributed by atoms with Gasteiger partial charge < -0.3 is 15.7 Å². The predicted octanol–water partition coefficient (Wildman–Crippen LogP) is 3.57. The van der Waals surface area contributed by atoms with E-state index in [2.05, 4.69) is 10.6 Å². The average molecular weight is 424 g/mol. The Morgan fingerprint density at radius 2 is 2.04 bits per heavy atom. The lowest BCUT2D eigenvalue weighted by Gasteiger charge is -2.32. The molecule has 1 amide bonds. The van der Waals surface area contributed by atoms with Crippen molar-refractivity contribution in [1.29, 1.82) is 0 Å². The van der Waals surface area contributed by atoms with Crippen molar-refractivity contribution in [2.24, 2.45) is 0 Å². The first-order valence-corrected chi connectivity index (χ1v) is 9.01. The molecule has 146 valence electrons. The van der Waals surface area contributed by atoms with Gasteiger partial charge in [0.15, 0.2) is 0 Å². The van der Waals surface area contributed by atoms with Gasteiger partial charge in [-0.2, -0.15) is 0 Å². The number of carboxylic acids is 1. The number of non-ortho nitro benzene ring substituents is 1. The van der Waals surface area contributed by atoms with Crippen LogP contribution in [-0.4, -0.2) is 27.9 Å². The molecule has 2 aromatic rings. The fraction of sp³-hybridized carbons (Fsp3) is 0.222. The van der Waals surface area contributed by atoms with E-state index in [0.717, 1.165) is 0 Å². The van der Waals surface area contributed by atoms with Crippen molar-refractivity contribution < 1.29 is 19.6 Å². The third-order valence-electron chi connectivity index (χ3n) is 4.36. The summed E-state index contributed by atoms with van der Waals surface area (Å²) < 4.78 is 0. The van der Waals surface area contributed by atoms with Crippen molar-refractivity contribution in [2.75, 3.05) is 5.32 Å². The van der Waals surface area contributed by atoms with Gasteiger partial charge in [0.05, 0.1) is 17.4 Å². The van der Waals surface area contributed by atoms with E-state index in [0.29, 0.717) is 26.9 Å². The standard InChI is InChI=1S/C18H15Cl2N3O5/c19-10-6-12(20)17-13(7-10)21-15(18(25)26)8-14(17)22-16(24)5-9-2-1-3-11(4-9)23(27)28/h1-4,6-7,14-15,21H,5,8H2,(H,22,24)(H,25,26)/t14-,15+/m0/s1. The molecular weight excluding hydrogens is 409 g/mol. The fourth-order valence-electron chi connectivity index (χ4n) is 3.16. The highest BCUT2D eigenvalue weighted by molar-refractivity contribution is 6.35. The molecule has 0 aliphatic carbocycles. The summed E-state index contributed by atoms with van der Waals surface area (Å²) in [6.07, 6.45) is -0.00570. The number of nitrogens with zero attached hydrogens (tertiary/aromatic N) is 1.